The molecule has 4 aromatic rings. The van der Waals surface area contributed by atoms with Crippen molar-refractivity contribution in [2.75, 3.05) is 38.2 Å². The molecule has 35 heavy (non-hydrogen) atoms. The van der Waals surface area contributed by atoms with Gasteiger partial charge < -0.3 is 14.5 Å². The maximum absolute atomic E-state index is 12.0. The number of hydrogen-bond acceptors (Lipinski definition) is 5. The lowest BCUT2D eigenvalue weighted by molar-refractivity contribution is -0.136. The van der Waals surface area contributed by atoms with Crippen molar-refractivity contribution in [1.29, 1.82) is 0 Å². The van der Waals surface area contributed by atoms with Crippen LogP contribution in [0.15, 0.2) is 49.2 Å². The molecule has 4 heterocycles. The van der Waals surface area contributed by atoms with Gasteiger partial charge in [0.25, 0.3) is 0 Å². The highest BCUT2D eigenvalue weighted by atomic mass is 16.5. The summed E-state index contributed by atoms with van der Waals surface area (Å²) in [4.78, 5) is 21.5. The first-order chi connectivity index (χ1) is 16.9. The SMILES string of the molecule is C=CC(=O)N1CC2(CCN(c3nc4cc(OC)ccc4c(-c4c(C)ccc5[nH]ncc45)c3C)C2)C1. The zero-order valence-electron chi connectivity index (χ0n) is 20.4. The highest BCUT2D eigenvalue weighted by molar-refractivity contribution is 6.07. The number of carbonyl (C=O) groups excluding carboxylic acids is 1. The van der Waals surface area contributed by atoms with Crippen LogP contribution >= 0.6 is 0 Å². The number of H-pyrrole nitrogens is 1. The maximum Gasteiger partial charge on any atom is 0.245 e. The number of pyridine rings is 1. The van der Waals surface area contributed by atoms with Crippen molar-refractivity contribution in [2.45, 2.75) is 20.3 Å². The van der Waals surface area contributed by atoms with Crippen LogP contribution in [0, 0.1) is 19.3 Å². The molecule has 0 atom stereocenters. The number of nitrogens with zero attached hydrogens (tertiary/aromatic N) is 4. The molecule has 0 radical (unpaired) electrons. The minimum atomic E-state index is 0.0205. The molecular weight excluding hydrogens is 438 g/mol. The lowest BCUT2D eigenvalue weighted by Gasteiger charge is -2.47. The Bertz CT molecular complexity index is 1500. The van der Waals surface area contributed by atoms with E-state index in [1.54, 1.807) is 7.11 Å². The molecule has 0 aliphatic carbocycles. The molecule has 6 rings (SSSR count). The van der Waals surface area contributed by atoms with E-state index in [4.69, 9.17) is 9.72 Å². The van der Waals surface area contributed by atoms with Crippen molar-refractivity contribution in [3.8, 4) is 16.9 Å². The second-order valence-electron chi connectivity index (χ2n) is 9.98. The largest absolute Gasteiger partial charge is 0.497 e. The number of aromatic amines is 1. The van der Waals surface area contributed by atoms with E-state index in [2.05, 4.69) is 53.7 Å². The highest BCUT2D eigenvalue weighted by Gasteiger charge is 2.49. The second kappa shape index (κ2) is 7.83. The van der Waals surface area contributed by atoms with Crippen molar-refractivity contribution < 1.29 is 9.53 Å². The Balaban J connectivity index is 1.50. The molecule has 0 bridgehead atoms. The molecule has 2 aromatic carbocycles. The van der Waals surface area contributed by atoms with Crippen LogP contribution in [-0.4, -0.2) is 59.3 Å². The number of aryl methyl sites for hydroxylation is 1. The molecular formula is C28H29N5O2. The van der Waals surface area contributed by atoms with E-state index in [9.17, 15) is 4.79 Å². The van der Waals surface area contributed by atoms with E-state index < -0.39 is 0 Å². The number of carbonyl (C=O) groups is 1. The third-order valence-electron chi connectivity index (χ3n) is 7.77. The molecule has 2 fully saturated rings. The van der Waals surface area contributed by atoms with Crippen LogP contribution in [0.5, 0.6) is 5.75 Å². The summed E-state index contributed by atoms with van der Waals surface area (Å²) in [6, 6.07) is 10.4. The molecule has 178 valence electrons. The number of methoxy groups -OCH3 is 1. The van der Waals surface area contributed by atoms with E-state index in [1.807, 2.05) is 23.2 Å². The lowest BCUT2D eigenvalue weighted by Crippen LogP contribution is -2.59. The van der Waals surface area contributed by atoms with E-state index >= 15 is 0 Å². The summed E-state index contributed by atoms with van der Waals surface area (Å²) in [6.07, 6.45) is 4.38. The summed E-state index contributed by atoms with van der Waals surface area (Å²) >= 11 is 0. The maximum atomic E-state index is 12.0. The number of hydrogen-bond donors (Lipinski definition) is 1. The van der Waals surface area contributed by atoms with Gasteiger partial charge in [-0.15, -0.1) is 0 Å². The standard InChI is InChI=1S/C28H29N5O2/c1-5-24(34)33-15-28(16-33)10-11-32(14-28)27-18(3)26(20-8-7-19(35-4)12-23(20)30-27)25-17(2)6-9-22-21(25)13-29-31-22/h5-9,12-13H,1,10-11,14-16H2,2-4H3,(H,29,31). The summed E-state index contributed by atoms with van der Waals surface area (Å²) < 4.78 is 5.54. The van der Waals surface area contributed by atoms with Crippen molar-refractivity contribution in [1.82, 2.24) is 20.1 Å². The monoisotopic (exact) mass is 467 g/mol. The topological polar surface area (TPSA) is 74.3 Å². The first-order valence-electron chi connectivity index (χ1n) is 12.0. The van der Waals surface area contributed by atoms with Crippen molar-refractivity contribution in [3.05, 3.63) is 60.3 Å². The van der Waals surface area contributed by atoms with E-state index in [1.165, 1.54) is 22.8 Å². The number of nitrogens with one attached hydrogen (secondary N) is 1. The van der Waals surface area contributed by atoms with Crippen molar-refractivity contribution in [2.24, 2.45) is 5.41 Å². The van der Waals surface area contributed by atoms with E-state index in [0.29, 0.717) is 0 Å². The van der Waals surface area contributed by atoms with Gasteiger partial charge in [0.15, 0.2) is 0 Å². The lowest BCUT2D eigenvalue weighted by atomic mass is 9.79. The Morgan fingerprint density at radius 3 is 2.74 bits per heavy atom. The molecule has 7 heteroatoms. The number of ether oxygens (including phenoxy) is 1. The number of likely N-dealkylation sites (tertiary alicyclic amines) is 1. The molecule has 1 amide bonds. The van der Waals surface area contributed by atoms with Crippen LogP contribution in [0.4, 0.5) is 5.82 Å². The predicted octanol–water partition coefficient (Wildman–Crippen LogP) is 4.63. The van der Waals surface area contributed by atoms with Crippen LogP contribution in [0.1, 0.15) is 17.5 Å². The Labute approximate surface area is 204 Å². The number of rotatable bonds is 4. The van der Waals surface area contributed by atoms with Crippen LogP contribution in [0.3, 0.4) is 0 Å². The first-order valence-corrected chi connectivity index (χ1v) is 12.0. The molecule has 1 spiro atoms. The summed E-state index contributed by atoms with van der Waals surface area (Å²) in [5.74, 6) is 1.82. The minimum absolute atomic E-state index is 0.0205. The Morgan fingerprint density at radius 2 is 1.97 bits per heavy atom. The summed E-state index contributed by atoms with van der Waals surface area (Å²) in [5, 5.41) is 9.65. The Hall–Kier alpha value is -3.87. The van der Waals surface area contributed by atoms with Crippen LogP contribution in [0.2, 0.25) is 0 Å². The zero-order valence-corrected chi connectivity index (χ0v) is 20.4. The molecule has 2 aliphatic heterocycles. The third-order valence-corrected chi connectivity index (χ3v) is 7.77. The van der Waals surface area contributed by atoms with Crippen LogP contribution < -0.4 is 9.64 Å². The van der Waals surface area contributed by atoms with Gasteiger partial charge in [-0.25, -0.2) is 4.98 Å². The third kappa shape index (κ3) is 3.29. The molecule has 1 N–H and O–H groups in total. The van der Waals surface area contributed by atoms with E-state index in [-0.39, 0.29) is 11.3 Å². The van der Waals surface area contributed by atoms with Gasteiger partial charge in [0.05, 0.1) is 24.3 Å². The first kappa shape index (κ1) is 21.6. The highest BCUT2D eigenvalue weighted by Crippen LogP contribution is 2.45. The van der Waals surface area contributed by atoms with Gasteiger partial charge in [0.2, 0.25) is 5.91 Å². The van der Waals surface area contributed by atoms with Crippen LogP contribution in [0.25, 0.3) is 32.9 Å². The molecule has 7 nitrogen and oxygen atoms in total. The summed E-state index contributed by atoms with van der Waals surface area (Å²) in [6.45, 7) is 11.4. The van der Waals surface area contributed by atoms with Crippen molar-refractivity contribution >= 4 is 33.5 Å². The average molecular weight is 468 g/mol. The molecule has 2 saturated heterocycles. The molecule has 0 unspecified atom stereocenters. The number of amides is 1. The predicted molar refractivity (Wildman–Crippen MR) is 139 cm³/mol. The number of fused-ring (bicyclic) bond motifs is 2. The normalized spacial score (nSPS) is 16.8. The van der Waals surface area contributed by atoms with Gasteiger partial charge in [0.1, 0.15) is 11.6 Å². The van der Waals surface area contributed by atoms with Gasteiger partial charge in [-0.2, -0.15) is 5.10 Å². The van der Waals surface area contributed by atoms with Gasteiger partial charge in [0, 0.05) is 54.0 Å². The number of aromatic nitrogens is 3. The fourth-order valence-electron chi connectivity index (χ4n) is 5.96. The van der Waals surface area contributed by atoms with Crippen LogP contribution in [-0.2, 0) is 4.79 Å². The quantitative estimate of drug-likeness (QED) is 0.443. The Morgan fingerprint density at radius 1 is 1.14 bits per heavy atom. The zero-order chi connectivity index (χ0) is 24.3. The van der Waals surface area contributed by atoms with Crippen molar-refractivity contribution in [3.63, 3.8) is 0 Å². The fourth-order valence-corrected chi connectivity index (χ4v) is 5.96. The number of anilines is 1. The average Bonchev–Trinajstić information content (AvgIpc) is 3.50. The van der Waals surface area contributed by atoms with Gasteiger partial charge in [-0.05, 0) is 61.2 Å². The Kier molecular flexibility index (Phi) is 4.85. The van der Waals surface area contributed by atoms with Gasteiger partial charge in [-0.3, -0.25) is 9.89 Å². The smallest absolute Gasteiger partial charge is 0.245 e. The van der Waals surface area contributed by atoms with Gasteiger partial charge in [-0.1, -0.05) is 12.6 Å². The second-order valence-corrected chi connectivity index (χ2v) is 9.98. The fraction of sp³-hybridized carbons (Fsp3) is 0.321. The molecule has 2 aromatic heterocycles. The molecule has 0 saturated carbocycles. The van der Waals surface area contributed by atoms with Gasteiger partial charge >= 0.3 is 0 Å². The number of benzene rings is 2. The minimum Gasteiger partial charge on any atom is -0.497 e. The summed E-state index contributed by atoms with van der Waals surface area (Å²) in [5.41, 5.74) is 6.81. The molecule has 2 aliphatic rings. The summed E-state index contributed by atoms with van der Waals surface area (Å²) in [7, 11) is 1.69. The van der Waals surface area contributed by atoms with E-state index in [0.717, 1.165) is 71.5 Å².